The molecular formula is C13H16N2O. The fourth-order valence-corrected chi connectivity index (χ4v) is 1.38. The van der Waals surface area contributed by atoms with E-state index in [0.717, 1.165) is 5.56 Å². The highest BCUT2D eigenvalue weighted by Gasteiger charge is 2.12. The smallest absolute Gasteiger partial charge is 0.252 e. The van der Waals surface area contributed by atoms with Gasteiger partial charge in [-0.2, -0.15) is 0 Å². The van der Waals surface area contributed by atoms with Crippen LogP contribution < -0.4 is 11.1 Å². The van der Waals surface area contributed by atoms with Gasteiger partial charge in [0.1, 0.15) is 0 Å². The number of nitrogen functional groups attached to an aromatic ring is 1. The van der Waals surface area contributed by atoms with Gasteiger partial charge in [-0.3, -0.25) is 4.79 Å². The van der Waals surface area contributed by atoms with Crippen LogP contribution in [0.2, 0.25) is 0 Å². The molecule has 0 radical (unpaired) electrons. The van der Waals surface area contributed by atoms with Crippen LogP contribution in [0.25, 0.3) is 0 Å². The molecule has 3 nitrogen and oxygen atoms in total. The minimum Gasteiger partial charge on any atom is -0.399 e. The summed E-state index contributed by atoms with van der Waals surface area (Å²) in [6.45, 7) is 3.79. The van der Waals surface area contributed by atoms with Crippen molar-refractivity contribution in [2.24, 2.45) is 0 Å². The molecule has 1 aromatic carbocycles. The molecule has 0 heterocycles. The van der Waals surface area contributed by atoms with Crippen LogP contribution in [-0.2, 0) is 0 Å². The van der Waals surface area contributed by atoms with Crippen LogP contribution in [0.4, 0.5) is 5.69 Å². The summed E-state index contributed by atoms with van der Waals surface area (Å²) in [6, 6.07) is 5.02. The van der Waals surface area contributed by atoms with Gasteiger partial charge in [0, 0.05) is 11.3 Å². The van der Waals surface area contributed by atoms with Crippen molar-refractivity contribution in [3.8, 4) is 12.3 Å². The van der Waals surface area contributed by atoms with E-state index in [2.05, 4.69) is 11.2 Å². The SMILES string of the molecule is C#CC(CC)NC(=O)c1cc(N)ccc1C. The van der Waals surface area contributed by atoms with E-state index in [0.29, 0.717) is 17.7 Å². The highest BCUT2D eigenvalue weighted by atomic mass is 16.1. The van der Waals surface area contributed by atoms with Crippen molar-refractivity contribution >= 4 is 11.6 Å². The molecule has 0 fully saturated rings. The Labute approximate surface area is 96.0 Å². The summed E-state index contributed by atoms with van der Waals surface area (Å²) in [6.07, 6.45) is 6.00. The standard InChI is InChI=1S/C13H16N2O/c1-4-11(5-2)15-13(16)12-8-10(14)7-6-9(12)3/h1,6-8,11H,5,14H2,2-3H3,(H,15,16). The average Bonchev–Trinajstić information content (AvgIpc) is 2.28. The average molecular weight is 216 g/mol. The predicted octanol–water partition coefficient (Wildman–Crippen LogP) is 1.72. The first-order valence-corrected chi connectivity index (χ1v) is 5.21. The molecule has 0 aromatic heterocycles. The number of carbonyl (C=O) groups excluding carboxylic acids is 1. The Bertz CT molecular complexity index is 432. The molecule has 0 aliphatic carbocycles. The molecular weight excluding hydrogens is 200 g/mol. The molecule has 1 atom stereocenters. The monoisotopic (exact) mass is 216 g/mol. The summed E-state index contributed by atoms with van der Waals surface area (Å²) in [5.41, 5.74) is 7.68. The molecule has 0 bridgehead atoms. The van der Waals surface area contributed by atoms with Gasteiger partial charge < -0.3 is 11.1 Å². The third-order valence-electron chi connectivity index (χ3n) is 2.42. The number of anilines is 1. The van der Waals surface area contributed by atoms with Crippen molar-refractivity contribution in [1.82, 2.24) is 5.32 Å². The van der Waals surface area contributed by atoms with E-state index in [1.54, 1.807) is 12.1 Å². The second-order valence-electron chi connectivity index (χ2n) is 3.68. The van der Waals surface area contributed by atoms with E-state index in [-0.39, 0.29) is 11.9 Å². The van der Waals surface area contributed by atoms with Crippen LogP contribution in [0.15, 0.2) is 18.2 Å². The second-order valence-corrected chi connectivity index (χ2v) is 3.68. The number of nitrogens with two attached hydrogens (primary N) is 1. The van der Waals surface area contributed by atoms with Gasteiger partial charge in [0.25, 0.3) is 5.91 Å². The number of terminal acetylenes is 1. The number of carbonyl (C=O) groups is 1. The van der Waals surface area contributed by atoms with E-state index in [4.69, 9.17) is 12.2 Å². The number of hydrogen-bond acceptors (Lipinski definition) is 2. The molecule has 1 rings (SSSR count). The number of benzene rings is 1. The van der Waals surface area contributed by atoms with Crippen LogP contribution in [0.3, 0.4) is 0 Å². The van der Waals surface area contributed by atoms with Crippen molar-refractivity contribution in [1.29, 1.82) is 0 Å². The fraction of sp³-hybridized carbons (Fsp3) is 0.308. The zero-order valence-corrected chi connectivity index (χ0v) is 9.58. The van der Waals surface area contributed by atoms with Gasteiger partial charge in [0.2, 0.25) is 0 Å². The Morgan fingerprint density at radius 1 is 1.62 bits per heavy atom. The zero-order valence-electron chi connectivity index (χ0n) is 9.58. The van der Waals surface area contributed by atoms with Gasteiger partial charge >= 0.3 is 0 Å². The summed E-state index contributed by atoms with van der Waals surface area (Å²) in [4.78, 5) is 11.9. The number of aryl methyl sites for hydroxylation is 1. The van der Waals surface area contributed by atoms with Gasteiger partial charge in [-0.05, 0) is 31.0 Å². The zero-order chi connectivity index (χ0) is 12.1. The van der Waals surface area contributed by atoms with Crippen LogP contribution in [0, 0.1) is 19.3 Å². The van der Waals surface area contributed by atoms with Crippen LogP contribution in [-0.4, -0.2) is 11.9 Å². The van der Waals surface area contributed by atoms with Gasteiger partial charge in [-0.15, -0.1) is 6.42 Å². The van der Waals surface area contributed by atoms with Crippen molar-refractivity contribution in [3.05, 3.63) is 29.3 Å². The molecule has 0 aliphatic rings. The Kier molecular flexibility index (Phi) is 3.96. The highest BCUT2D eigenvalue weighted by molar-refractivity contribution is 5.96. The molecule has 1 amide bonds. The lowest BCUT2D eigenvalue weighted by Crippen LogP contribution is -2.33. The predicted molar refractivity (Wildman–Crippen MR) is 66.0 cm³/mol. The topological polar surface area (TPSA) is 55.1 Å². The Balaban J connectivity index is 2.89. The molecule has 1 unspecified atom stereocenters. The maximum atomic E-state index is 11.9. The Morgan fingerprint density at radius 3 is 2.88 bits per heavy atom. The molecule has 16 heavy (non-hydrogen) atoms. The summed E-state index contributed by atoms with van der Waals surface area (Å²) in [7, 11) is 0. The van der Waals surface area contributed by atoms with E-state index in [1.807, 2.05) is 19.9 Å². The lowest BCUT2D eigenvalue weighted by atomic mass is 10.1. The minimum absolute atomic E-state index is 0.172. The van der Waals surface area contributed by atoms with Crippen LogP contribution in [0.5, 0.6) is 0 Å². The normalized spacial score (nSPS) is 11.6. The molecule has 0 saturated heterocycles. The quantitative estimate of drug-likeness (QED) is 0.597. The second kappa shape index (κ2) is 5.22. The van der Waals surface area contributed by atoms with Gasteiger partial charge in [0.05, 0.1) is 6.04 Å². The molecule has 0 spiro atoms. The summed E-state index contributed by atoms with van der Waals surface area (Å²) >= 11 is 0. The Hall–Kier alpha value is -1.95. The number of nitrogens with one attached hydrogen (secondary N) is 1. The third kappa shape index (κ3) is 2.77. The maximum absolute atomic E-state index is 11.9. The molecule has 3 N–H and O–H groups in total. The molecule has 0 aliphatic heterocycles. The maximum Gasteiger partial charge on any atom is 0.252 e. The van der Waals surface area contributed by atoms with Crippen molar-refractivity contribution < 1.29 is 4.79 Å². The number of amides is 1. The first-order chi connectivity index (χ1) is 7.58. The van der Waals surface area contributed by atoms with E-state index < -0.39 is 0 Å². The first kappa shape index (κ1) is 12.1. The van der Waals surface area contributed by atoms with E-state index >= 15 is 0 Å². The molecule has 1 aromatic rings. The summed E-state index contributed by atoms with van der Waals surface area (Å²) in [5.74, 6) is 2.35. The van der Waals surface area contributed by atoms with E-state index in [9.17, 15) is 4.79 Å². The number of hydrogen-bond donors (Lipinski definition) is 2. The third-order valence-corrected chi connectivity index (χ3v) is 2.42. The minimum atomic E-state index is -0.228. The van der Waals surface area contributed by atoms with Crippen LogP contribution in [0.1, 0.15) is 29.3 Å². The van der Waals surface area contributed by atoms with Crippen molar-refractivity contribution in [3.63, 3.8) is 0 Å². The van der Waals surface area contributed by atoms with E-state index in [1.165, 1.54) is 0 Å². The summed E-state index contributed by atoms with van der Waals surface area (Å²) in [5, 5.41) is 2.77. The van der Waals surface area contributed by atoms with Gasteiger partial charge in [-0.25, -0.2) is 0 Å². The lowest BCUT2D eigenvalue weighted by molar-refractivity contribution is 0.0944. The van der Waals surface area contributed by atoms with Crippen molar-refractivity contribution in [2.45, 2.75) is 26.3 Å². The fourth-order valence-electron chi connectivity index (χ4n) is 1.38. The van der Waals surface area contributed by atoms with Gasteiger partial charge in [0.15, 0.2) is 0 Å². The molecule has 0 saturated carbocycles. The lowest BCUT2D eigenvalue weighted by Gasteiger charge is -2.12. The molecule has 84 valence electrons. The largest absolute Gasteiger partial charge is 0.399 e. The number of rotatable bonds is 3. The van der Waals surface area contributed by atoms with Gasteiger partial charge in [-0.1, -0.05) is 18.9 Å². The van der Waals surface area contributed by atoms with Crippen LogP contribution >= 0.6 is 0 Å². The highest BCUT2D eigenvalue weighted by Crippen LogP contribution is 2.12. The Morgan fingerprint density at radius 2 is 2.31 bits per heavy atom. The summed E-state index contributed by atoms with van der Waals surface area (Å²) < 4.78 is 0. The van der Waals surface area contributed by atoms with Crippen molar-refractivity contribution in [2.75, 3.05) is 5.73 Å². The first-order valence-electron chi connectivity index (χ1n) is 5.21. The molecule has 3 heteroatoms.